The van der Waals surface area contributed by atoms with Gasteiger partial charge in [-0.1, -0.05) is 18.5 Å². The van der Waals surface area contributed by atoms with E-state index in [9.17, 15) is 4.79 Å². The lowest BCUT2D eigenvalue weighted by Gasteiger charge is -2.22. The predicted molar refractivity (Wildman–Crippen MR) is 65.3 cm³/mol. The second kappa shape index (κ2) is 5.31. The zero-order chi connectivity index (χ0) is 13.1. The van der Waals surface area contributed by atoms with Gasteiger partial charge >= 0.3 is 0 Å². The fourth-order valence-electron chi connectivity index (χ4n) is 1.76. The molecule has 0 aliphatic rings. The van der Waals surface area contributed by atoms with Crippen molar-refractivity contribution in [2.24, 2.45) is 5.73 Å². The van der Waals surface area contributed by atoms with Crippen LogP contribution in [0.1, 0.15) is 43.7 Å². The van der Waals surface area contributed by atoms with E-state index in [4.69, 9.17) is 10.3 Å². The molecule has 17 heavy (non-hydrogen) atoms. The maximum Gasteiger partial charge on any atom is 0.240 e. The van der Waals surface area contributed by atoms with E-state index in [0.29, 0.717) is 13.0 Å². The highest BCUT2D eigenvalue weighted by atomic mass is 16.5. The molecule has 1 heterocycles. The summed E-state index contributed by atoms with van der Waals surface area (Å²) in [5, 5.41) is 6.66. The summed E-state index contributed by atoms with van der Waals surface area (Å²) >= 11 is 0. The molecule has 0 fully saturated rings. The number of hydrogen-bond acceptors (Lipinski definition) is 4. The van der Waals surface area contributed by atoms with Gasteiger partial charge in [0.1, 0.15) is 5.76 Å². The first-order valence-electron chi connectivity index (χ1n) is 5.87. The molecule has 5 nitrogen and oxygen atoms in total. The zero-order valence-electron chi connectivity index (χ0n) is 11.0. The van der Waals surface area contributed by atoms with Crippen molar-refractivity contribution in [3.63, 3.8) is 0 Å². The third-order valence-electron chi connectivity index (χ3n) is 2.89. The molecule has 1 unspecified atom stereocenters. The largest absolute Gasteiger partial charge is 0.361 e. The number of nitrogens with zero attached hydrogens (tertiary/aromatic N) is 1. The van der Waals surface area contributed by atoms with Gasteiger partial charge in [0, 0.05) is 12.1 Å². The van der Waals surface area contributed by atoms with Crippen molar-refractivity contribution in [1.29, 1.82) is 0 Å². The van der Waals surface area contributed by atoms with E-state index in [2.05, 4.69) is 10.5 Å². The summed E-state index contributed by atoms with van der Waals surface area (Å²) in [6.45, 7) is 7.85. The Labute approximate surface area is 102 Å². The first-order valence-corrected chi connectivity index (χ1v) is 5.87. The summed E-state index contributed by atoms with van der Waals surface area (Å²) in [5.41, 5.74) is 6.85. The number of rotatable bonds is 5. The Balaban J connectivity index is 2.60. The van der Waals surface area contributed by atoms with Crippen LogP contribution < -0.4 is 11.1 Å². The second-order valence-electron chi connectivity index (χ2n) is 4.65. The lowest BCUT2D eigenvalue weighted by Crippen LogP contribution is -2.51. The molecule has 1 aromatic heterocycles. The van der Waals surface area contributed by atoms with Crippen molar-refractivity contribution in [1.82, 2.24) is 10.5 Å². The summed E-state index contributed by atoms with van der Waals surface area (Å²) in [4.78, 5) is 11.9. The summed E-state index contributed by atoms with van der Waals surface area (Å²) < 4.78 is 5.03. The molecule has 0 aliphatic carbocycles. The minimum atomic E-state index is -0.812. The number of nitrogens with two attached hydrogens (primary N) is 1. The van der Waals surface area contributed by atoms with Crippen LogP contribution in [-0.4, -0.2) is 16.6 Å². The molecule has 1 rings (SSSR count). The van der Waals surface area contributed by atoms with Gasteiger partial charge in [-0.3, -0.25) is 4.79 Å². The fraction of sp³-hybridized carbons (Fsp3) is 0.667. The minimum absolute atomic E-state index is 0.139. The standard InChI is InChI=1S/C12H21N3O2/c1-5-6-12(4,13)11(16)14-7-10-8(2)15-17-9(10)3/h5-7,13H2,1-4H3,(H,14,16). The van der Waals surface area contributed by atoms with Gasteiger partial charge in [0.25, 0.3) is 0 Å². The molecule has 0 aliphatic heterocycles. The number of carbonyl (C=O) groups excluding carboxylic acids is 1. The van der Waals surface area contributed by atoms with Gasteiger partial charge in [0.15, 0.2) is 0 Å². The maximum atomic E-state index is 11.9. The van der Waals surface area contributed by atoms with Gasteiger partial charge in [0.2, 0.25) is 5.91 Å². The molecular formula is C12H21N3O2. The Morgan fingerprint density at radius 1 is 1.53 bits per heavy atom. The van der Waals surface area contributed by atoms with E-state index in [1.165, 1.54) is 0 Å². The Morgan fingerprint density at radius 3 is 2.65 bits per heavy atom. The number of nitrogens with one attached hydrogen (secondary N) is 1. The van der Waals surface area contributed by atoms with Crippen LogP contribution in [-0.2, 0) is 11.3 Å². The number of amides is 1. The van der Waals surface area contributed by atoms with E-state index >= 15 is 0 Å². The van der Waals surface area contributed by atoms with E-state index < -0.39 is 5.54 Å². The third-order valence-corrected chi connectivity index (χ3v) is 2.89. The quantitative estimate of drug-likeness (QED) is 0.814. The lowest BCUT2D eigenvalue weighted by molar-refractivity contribution is -0.126. The molecule has 5 heteroatoms. The van der Waals surface area contributed by atoms with Crippen LogP contribution in [0.2, 0.25) is 0 Å². The second-order valence-corrected chi connectivity index (χ2v) is 4.65. The van der Waals surface area contributed by atoms with Gasteiger partial charge < -0.3 is 15.6 Å². The smallest absolute Gasteiger partial charge is 0.240 e. The average Bonchev–Trinajstić information content (AvgIpc) is 2.55. The Hall–Kier alpha value is -1.36. The van der Waals surface area contributed by atoms with Crippen molar-refractivity contribution in [3.05, 3.63) is 17.0 Å². The normalized spacial score (nSPS) is 14.4. The molecule has 0 bridgehead atoms. The van der Waals surface area contributed by atoms with E-state index in [1.54, 1.807) is 6.92 Å². The highest BCUT2D eigenvalue weighted by molar-refractivity contribution is 5.85. The predicted octanol–water partition coefficient (Wildman–Crippen LogP) is 1.43. The molecule has 1 atom stereocenters. The number of carbonyl (C=O) groups is 1. The number of aromatic nitrogens is 1. The van der Waals surface area contributed by atoms with E-state index in [-0.39, 0.29) is 5.91 Å². The molecule has 1 aromatic rings. The first-order chi connectivity index (χ1) is 7.88. The highest BCUT2D eigenvalue weighted by Crippen LogP contribution is 2.13. The average molecular weight is 239 g/mol. The molecule has 0 aromatic carbocycles. The van der Waals surface area contributed by atoms with Crippen LogP contribution in [0.3, 0.4) is 0 Å². The van der Waals surface area contributed by atoms with Crippen LogP contribution in [0.4, 0.5) is 0 Å². The van der Waals surface area contributed by atoms with Crippen LogP contribution in [0.25, 0.3) is 0 Å². The molecule has 0 spiro atoms. The molecule has 3 N–H and O–H groups in total. The van der Waals surface area contributed by atoms with Gasteiger partial charge in [-0.15, -0.1) is 0 Å². The summed E-state index contributed by atoms with van der Waals surface area (Å²) in [5.74, 6) is 0.594. The van der Waals surface area contributed by atoms with Gasteiger partial charge in [-0.05, 0) is 27.2 Å². The molecule has 0 radical (unpaired) electrons. The van der Waals surface area contributed by atoms with Gasteiger partial charge in [-0.2, -0.15) is 0 Å². The van der Waals surface area contributed by atoms with Gasteiger partial charge in [-0.25, -0.2) is 0 Å². The van der Waals surface area contributed by atoms with Crippen molar-refractivity contribution < 1.29 is 9.32 Å². The molecule has 0 saturated heterocycles. The third kappa shape index (κ3) is 3.30. The number of aryl methyl sites for hydroxylation is 2. The SMILES string of the molecule is CCCC(C)(N)C(=O)NCc1c(C)noc1C. The van der Waals surface area contributed by atoms with Crippen LogP contribution in [0.5, 0.6) is 0 Å². The van der Waals surface area contributed by atoms with Crippen molar-refractivity contribution in [2.45, 2.75) is 52.6 Å². The molecular weight excluding hydrogens is 218 g/mol. The maximum absolute atomic E-state index is 11.9. The van der Waals surface area contributed by atoms with Gasteiger partial charge in [0.05, 0.1) is 11.2 Å². The Morgan fingerprint density at radius 2 is 2.18 bits per heavy atom. The molecule has 96 valence electrons. The lowest BCUT2D eigenvalue weighted by atomic mass is 9.96. The summed E-state index contributed by atoms with van der Waals surface area (Å²) in [7, 11) is 0. The zero-order valence-corrected chi connectivity index (χ0v) is 11.0. The van der Waals surface area contributed by atoms with Crippen LogP contribution >= 0.6 is 0 Å². The Bertz CT molecular complexity index is 377. The minimum Gasteiger partial charge on any atom is -0.361 e. The topological polar surface area (TPSA) is 81.2 Å². The summed E-state index contributed by atoms with van der Waals surface area (Å²) in [6.07, 6.45) is 1.55. The highest BCUT2D eigenvalue weighted by Gasteiger charge is 2.27. The molecule has 1 amide bonds. The van der Waals surface area contributed by atoms with Crippen molar-refractivity contribution >= 4 is 5.91 Å². The first kappa shape index (κ1) is 13.7. The monoisotopic (exact) mass is 239 g/mol. The van der Waals surface area contributed by atoms with E-state index in [1.807, 2.05) is 20.8 Å². The van der Waals surface area contributed by atoms with E-state index in [0.717, 1.165) is 23.4 Å². The van der Waals surface area contributed by atoms with Crippen LogP contribution in [0.15, 0.2) is 4.52 Å². The molecule has 0 saturated carbocycles. The summed E-state index contributed by atoms with van der Waals surface area (Å²) in [6, 6.07) is 0. The van der Waals surface area contributed by atoms with Crippen LogP contribution in [0, 0.1) is 13.8 Å². The van der Waals surface area contributed by atoms with Crippen molar-refractivity contribution in [3.8, 4) is 0 Å². The Kier molecular flexibility index (Phi) is 4.28. The van der Waals surface area contributed by atoms with Crippen molar-refractivity contribution in [2.75, 3.05) is 0 Å². The number of hydrogen-bond donors (Lipinski definition) is 2. The fourth-order valence-corrected chi connectivity index (χ4v) is 1.76.